The summed E-state index contributed by atoms with van der Waals surface area (Å²) in [5, 5.41) is 11.4. The lowest BCUT2D eigenvalue weighted by molar-refractivity contribution is -0.117. The molecule has 0 spiro atoms. The van der Waals surface area contributed by atoms with Crippen LogP contribution in [0, 0.1) is 0 Å². The van der Waals surface area contributed by atoms with Gasteiger partial charge >= 0.3 is 0 Å². The van der Waals surface area contributed by atoms with Crippen LogP contribution in [0.3, 0.4) is 0 Å². The zero-order valence-corrected chi connectivity index (χ0v) is 13.0. The van der Waals surface area contributed by atoms with Gasteiger partial charge in [-0.2, -0.15) is 9.90 Å². The molecule has 10 heteroatoms. The number of aromatic amines is 1. The third kappa shape index (κ3) is 3.66. The number of hydrogen-bond donors (Lipinski definition) is 3. The van der Waals surface area contributed by atoms with Gasteiger partial charge in [-0.15, -0.1) is 5.10 Å². The number of anilines is 2. The van der Waals surface area contributed by atoms with E-state index in [4.69, 9.17) is 0 Å². The van der Waals surface area contributed by atoms with Crippen molar-refractivity contribution in [1.29, 1.82) is 0 Å². The molecule has 1 aromatic carbocycles. The number of carbonyl (C=O) groups excluding carboxylic acids is 1. The molecular formula is C13H14N6O3S. The number of benzene rings is 1. The van der Waals surface area contributed by atoms with Crippen LogP contribution in [0.1, 0.15) is 0 Å². The van der Waals surface area contributed by atoms with E-state index in [0.29, 0.717) is 5.69 Å². The second kappa shape index (κ2) is 5.72. The van der Waals surface area contributed by atoms with Crippen molar-refractivity contribution in [1.82, 2.24) is 20.0 Å². The van der Waals surface area contributed by atoms with E-state index in [-0.39, 0.29) is 18.3 Å². The van der Waals surface area contributed by atoms with Crippen molar-refractivity contribution in [3.63, 3.8) is 0 Å². The van der Waals surface area contributed by atoms with Crippen LogP contribution in [0.4, 0.5) is 11.5 Å². The maximum absolute atomic E-state index is 12.1. The van der Waals surface area contributed by atoms with E-state index >= 15 is 0 Å². The predicted octanol–water partition coefficient (Wildman–Crippen LogP) is 0.770. The Bertz CT molecular complexity index is 959. The maximum atomic E-state index is 12.1. The van der Waals surface area contributed by atoms with E-state index in [1.54, 1.807) is 12.3 Å². The second-order valence-corrected chi connectivity index (χ2v) is 6.68. The van der Waals surface area contributed by atoms with Gasteiger partial charge in [0.05, 0.1) is 18.1 Å². The Morgan fingerprint density at radius 1 is 1.35 bits per heavy atom. The number of sulfonamides is 1. The van der Waals surface area contributed by atoms with Crippen molar-refractivity contribution < 1.29 is 13.2 Å². The summed E-state index contributed by atoms with van der Waals surface area (Å²) in [5.74, 6) is -0.256. The molecular weight excluding hydrogens is 320 g/mol. The Kier molecular flexibility index (Phi) is 3.74. The molecule has 3 aromatic rings. The maximum Gasteiger partial charge on any atom is 0.247 e. The summed E-state index contributed by atoms with van der Waals surface area (Å²) in [7, 11) is -3.43. The van der Waals surface area contributed by atoms with Gasteiger partial charge in [-0.25, -0.2) is 8.42 Å². The van der Waals surface area contributed by atoms with E-state index in [2.05, 4.69) is 25.2 Å². The lowest BCUT2D eigenvalue weighted by atomic mass is 10.2. The van der Waals surface area contributed by atoms with Gasteiger partial charge in [0.25, 0.3) is 0 Å². The van der Waals surface area contributed by atoms with Crippen LogP contribution in [-0.4, -0.2) is 40.6 Å². The minimum Gasteiger partial charge on any atom is -0.361 e. The number of aromatic nitrogens is 4. The van der Waals surface area contributed by atoms with Crippen LogP contribution in [-0.2, 0) is 21.4 Å². The number of hydrogen-bond acceptors (Lipinski definition) is 5. The molecule has 0 aliphatic heterocycles. The van der Waals surface area contributed by atoms with Crippen molar-refractivity contribution in [2.75, 3.05) is 16.3 Å². The fraction of sp³-hybridized carbons (Fsp3) is 0.154. The SMILES string of the molecule is CS(=O)(=O)Nc1cnn(CC(=O)Nc2cccc3[nH]ccc23)n1. The summed E-state index contributed by atoms with van der Waals surface area (Å²) in [5.41, 5.74) is 1.59. The molecule has 0 radical (unpaired) electrons. The summed E-state index contributed by atoms with van der Waals surface area (Å²) in [6.45, 7) is -0.133. The Morgan fingerprint density at radius 2 is 2.17 bits per heavy atom. The quantitative estimate of drug-likeness (QED) is 0.636. The first-order chi connectivity index (χ1) is 10.9. The van der Waals surface area contributed by atoms with Crippen LogP contribution < -0.4 is 10.0 Å². The summed E-state index contributed by atoms with van der Waals surface area (Å²) < 4.78 is 24.4. The zero-order chi connectivity index (χ0) is 16.4. The molecule has 0 unspecified atom stereocenters. The molecule has 0 atom stereocenters. The van der Waals surface area contributed by atoms with Crippen molar-refractivity contribution in [2.24, 2.45) is 0 Å². The number of nitrogens with one attached hydrogen (secondary N) is 3. The summed E-state index contributed by atoms with van der Waals surface area (Å²) in [4.78, 5) is 16.3. The first kappa shape index (κ1) is 15.0. The minimum absolute atomic E-state index is 0.0630. The molecule has 0 fully saturated rings. The second-order valence-electron chi connectivity index (χ2n) is 4.93. The molecule has 3 N–H and O–H groups in total. The van der Waals surface area contributed by atoms with Gasteiger partial charge in [0.15, 0.2) is 5.82 Å². The highest BCUT2D eigenvalue weighted by Gasteiger charge is 2.10. The molecule has 0 aliphatic rings. The predicted molar refractivity (Wildman–Crippen MR) is 85.4 cm³/mol. The third-order valence-electron chi connectivity index (χ3n) is 2.98. The van der Waals surface area contributed by atoms with Gasteiger partial charge in [0, 0.05) is 17.1 Å². The monoisotopic (exact) mass is 334 g/mol. The molecule has 2 heterocycles. The number of carbonyl (C=O) groups is 1. The normalized spacial score (nSPS) is 11.5. The van der Waals surface area contributed by atoms with E-state index < -0.39 is 10.0 Å². The first-order valence-electron chi connectivity index (χ1n) is 6.64. The van der Waals surface area contributed by atoms with Gasteiger partial charge in [-0.05, 0) is 18.2 Å². The highest BCUT2D eigenvalue weighted by atomic mass is 32.2. The molecule has 1 amide bonds. The minimum atomic E-state index is -3.43. The van der Waals surface area contributed by atoms with Crippen molar-refractivity contribution in [3.8, 4) is 0 Å². The van der Waals surface area contributed by atoms with Gasteiger partial charge in [0.1, 0.15) is 6.54 Å². The highest BCUT2D eigenvalue weighted by Crippen LogP contribution is 2.21. The molecule has 3 rings (SSSR count). The van der Waals surface area contributed by atoms with Crippen molar-refractivity contribution in [2.45, 2.75) is 6.54 Å². The average Bonchev–Trinajstić information content (AvgIpc) is 3.06. The zero-order valence-electron chi connectivity index (χ0n) is 12.1. The molecule has 0 saturated heterocycles. The molecule has 0 saturated carbocycles. The van der Waals surface area contributed by atoms with E-state index in [1.165, 1.54) is 6.20 Å². The summed E-state index contributed by atoms with van der Waals surface area (Å²) in [6, 6.07) is 7.39. The van der Waals surface area contributed by atoms with Gasteiger partial charge < -0.3 is 10.3 Å². The molecule has 9 nitrogen and oxygen atoms in total. The van der Waals surface area contributed by atoms with Crippen molar-refractivity contribution in [3.05, 3.63) is 36.7 Å². The Labute approximate surface area is 131 Å². The van der Waals surface area contributed by atoms with E-state index in [0.717, 1.165) is 22.0 Å². The van der Waals surface area contributed by atoms with Crippen LogP contribution in [0.15, 0.2) is 36.7 Å². The number of fused-ring (bicyclic) bond motifs is 1. The number of H-pyrrole nitrogens is 1. The fourth-order valence-corrected chi connectivity index (χ4v) is 2.60. The topological polar surface area (TPSA) is 122 Å². The molecule has 0 aliphatic carbocycles. The smallest absolute Gasteiger partial charge is 0.247 e. The van der Waals surface area contributed by atoms with Gasteiger partial charge in [-0.3, -0.25) is 9.52 Å². The molecule has 120 valence electrons. The molecule has 2 aromatic heterocycles. The van der Waals surface area contributed by atoms with Crippen LogP contribution in [0.25, 0.3) is 10.9 Å². The van der Waals surface area contributed by atoms with Crippen LogP contribution in [0.5, 0.6) is 0 Å². The van der Waals surface area contributed by atoms with Crippen LogP contribution >= 0.6 is 0 Å². The van der Waals surface area contributed by atoms with Gasteiger partial charge in [-0.1, -0.05) is 6.07 Å². The summed E-state index contributed by atoms with van der Waals surface area (Å²) >= 11 is 0. The van der Waals surface area contributed by atoms with E-state index in [1.807, 2.05) is 18.2 Å². The molecule has 0 bridgehead atoms. The Hall–Kier alpha value is -2.88. The average molecular weight is 334 g/mol. The summed E-state index contributed by atoms with van der Waals surface area (Å²) in [6.07, 6.45) is 4.04. The Morgan fingerprint density at radius 3 is 2.96 bits per heavy atom. The number of nitrogens with zero attached hydrogens (tertiary/aromatic N) is 3. The lowest BCUT2D eigenvalue weighted by Crippen LogP contribution is -2.20. The van der Waals surface area contributed by atoms with Crippen molar-refractivity contribution >= 4 is 38.3 Å². The molecule has 23 heavy (non-hydrogen) atoms. The lowest BCUT2D eigenvalue weighted by Gasteiger charge is -2.06. The Balaban J connectivity index is 1.69. The fourth-order valence-electron chi connectivity index (χ4n) is 2.12. The van der Waals surface area contributed by atoms with Crippen LogP contribution in [0.2, 0.25) is 0 Å². The van der Waals surface area contributed by atoms with Gasteiger partial charge in [0.2, 0.25) is 15.9 Å². The largest absolute Gasteiger partial charge is 0.361 e. The number of amides is 1. The first-order valence-corrected chi connectivity index (χ1v) is 8.54. The number of rotatable bonds is 5. The third-order valence-corrected chi connectivity index (χ3v) is 3.56. The van der Waals surface area contributed by atoms with E-state index in [9.17, 15) is 13.2 Å². The highest BCUT2D eigenvalue weighted by molar-refractivity contribution is 7.92. The standard InChI is InChI=1S/C13H14N6O3S/c1-23(21,22)18-12-7-15-19(17-12)8-13(20)16-11-4-2-3-10-9(11)5-6-14-10/h2-7,14H,8H2,1H3,(H,16,20)(H,17,18).